The van der Waals surface area contributed by atoms with Crippen molar-refractivity contribution in [1.29, 1.82) is 0 Å². The van der Waals surface area contributed by atoms with Crippen LogP contribution in [0.3, 0.4) is 0 Å². The molecule has 0 aliphatic heterocycles. The van der Waals surface area contributed by atoms with Crippen molar-refractivity contribution in [1.82, 2.24) is 5.32 Å². The van der Waals surface area contributed by atoms with Crippen LogP contribution >= 0.6 is 24.0 Å². The van der Waals surface area contributed by atoms with E-state index in [0.29, 0.717) is 22.6 Å². The van der Waals surface area contributed by atoms with Crippen molar-refractivity contribution in [2.75, 3.05) is 14.2 Å². The molecule has 1 aliphatic carbocycles. The lowest BCUT2D eigenvalue weighted by Gasteiger charge is -2.21. The number of nitrogens with one attached hydrogen (secondary N) is 1. The zero-order valence-electron chi connectivity index (χ0n) is 13.5. The highest BCUT2D eigenvalue weighted by Gasteiger charge is 2.13. The Hall–Kier alpha value is -0.640. The van der Waals surface area contributed by atoms with E-state index in [2.05, 4.69) is 5.32 Å². The molecule has 0 saturated heterocycles. The van der Waals surface area contributed by atoms with Gasteiger partial charge in [-0.1, -0.05) is 43.7 Å². The largest absolute Gasteiger partial charge is 0.493 e. The monoisotopic (exact) mass is 347 g/mol. The molecule has 0 aromatic heterocycles. The molecular formula is C17H27Cl2NO2. The SMILES string of the molecule is COc1cc(CNC2CCCCCCC2)cc(Cl)c1OC.Cl. The highest BCUT2D eigenvalue weighted by molar-refractivity contribution is 6.32. The smallest absolute Gasteiger partial charge is 0.179 e. The van der Waals surface area contributed by atoms with Gasteiger partial charge in [0, 0.05) is 12.6 Å². The summed E-state index contributed by atoms with van der Waals surface area (Å²) in [5, 5.41) is 4.27. The van der Waals surface area contributed by atoms with Crippen molar-refractivity contribution in [3.8, 4) is 11.5 Å². The molecule has 2 rings (SSSR count). The fraction of sp³-hybridized carbons (Fsp3) is 0.647. The predicted octanol–water partition coefficient (Wildman–Crippen LogP) is 4.98. The molecule has 0 spiro atoms. The topological polar surface area (TPSA) is 30.5 Å². The maximum Gasteiger partial charge on any atom is 0.179 e. The third kappa shape index (κ3) is 5.53. The van der Waals surface area contributed by atoms with Gasteiger partial charge in [-0.25, -0.2) is 0 Å². The summed E-state index contributed by atoms with van der Waals surface area (Å²) in [5.41, 5.74) is 1.14. The van der Waals surface area contributed by atoms with Gasteiger partial charge in [0.05, 0.1) is 19.2 Å². The van der Waals surface area contributed by atoms with Gasteiger partial charge in [-0.2, -0.15) is 0 Å². The van der Waals surface area contributed by atoms with Gasteiger partial charge < -0.3 is 14.8 Å². The van der Waals surface area contributed by atoms with Crippen LogP contribution in [0.15, 0.2) is 12.1 Å². The summed E-state index contributed by atoms with van der Waals surface area (Å²) in [7, 11) is 3.25. The molecule has 1 fully saturated rings. The van der Waals surface area contributed by atoms with E-state index in [-0.39, 0.29) is 12.4 Å². The summed E-state index contributed by atoms with van der Waals surface area (Å²) < 4.78 is 10.6. The van der Waals surface area contributed by atoms with Gasteiger partial charge in [0.25, 0.3) is 0 Å². The van der Waals surface area contributed by atoms with Crippen molar-refractivity contribution in [3.05, 3.63) is 22.7 Å². The molecule has 0 bridgehead atoms. The first kappa shape index (κ1) is 19.4. The van der Waals surface area contributed by atoms with E-state index in [9.17, 15) is 0 Å². The molecule has 0 atom stereocenters. The van der Waals surface area contributed by atoms with Crippen LogP contribution in [0.1, 0.15) is 50.5 Å². The third-order valence-corrected chi connectivity index (χ3v) is 4.47. The maximum absolute atomic E-state index is 6.25. The third-order valence-electron chi connectivity index (χ3n) is 4.19. The standard InChI is InChI=1S/C17H26ClNO2.ClH/c1-20-16-11-13(10-15(18)17(16)21-2)12-19-14-8-6-4-3-5-7-9-14;/h10-11,14,19H,3-9,12H2,1-2H3;1H. The fourth-order valence-electron chi connectivity index (χ4n) is 3.00. The molecular weight excluding hydrogens is 321 g/mol. The molecule has 1 saturated carbocycles. The van der Waals surface area contributed by atoms with Crippen LogP contribution in [0.25, 0.3) is 0 Å². The van der Waals surface area contributed by atoms with Gasteiger partial charge in [-0.15, -0.1) is 12.4 Å². The van der Waals surface area contributed by atoms with Crippen LogP contribution < -0.4 is 14.8 Å². The van der Waals surface area contributed by atoms with Crippen LogP contribution in [-0.4, -0.2) is 20.3 Å². The van der Waals surface area contributed by atoms with Crippen molar-refractivity contribution in [3.63, 3.8) is 0 Å². The quantitative estimate of drug-likeness (QED) is 0.814. The minimum absolute atomic E-state index is 0. The van der Waals surface area contributed by atoms with Crippen molar-refractivity contribution >= 4 is 24.0 Å². The number of methoxy groups -OCH3 is 2. The number of halogens is 2. The average molecular weight is 348 g/mol. The zero-order chi connectivity index (χ0) is 15.1. The highest BCUT2D eigenvalue weighted by Crippen LogP contribution is 2.36. The number of benzene rings is 1. The molecule has 1 aromatic rings. The summed E-state index contributed by atoms with van der Waals surface area (Å²) in [6.45, 7) is 0.824. The van der Waals surface area contributed by atoms with E-state index in [0.717, 1.165) is 12.1 Å². The van der Waals surface area contributed by atoms with Crippen LogP contribution in [0.4, 0.5) is 0 Å². The van der Waals surface area contributed by atoms with E-state index in [1.165, 1.54) is 44.9 Å². The Labute approximate surface area is 145 Å². The van der Waals surface area contributed by atoms with Crippen molar-refractivity contribution in [2.24, 2.45) is 0 Å². The Morgan fingerprint density at radius 2 is 1.68 bits per heavy atom. The molecule has 1 aromatic carbocycles. The summed E-state index contributed by atoms with van der Waals surface area (Å²) in [5.74, 6) is 1.30. The Balaban J connectivity index is 0.00000242. The molecule has 3 nitrogen and oxygen atoms in total. The molecule has 22 heavy (non-hydrogen) atoms. The van der Waals surface area contributed by atoms with Gasteiger partial charge in [0.2, 0.25) is 0 Å². The predicted molar refractivity (Wildman–Crippen MR) is 94.8 cm³/mol. The summed E-state index contributed by atoms with van der Waals surface area (Å²) in [6, 6.07) is 4.58. The normalized spacial score (nSPS) is 16.3. The lowest BCUT2D eigenvalue weighted by molar-refractivity contribution is 0.354. The molecule has 1 aliphatic rings. The van der Waals surface area contributed by atoms with Crippen molar-refractivity contribution < 1.29 is 9.47 Å². The van der Waals surface area contributed by atoms with E-state index < -0.39 is 0 Å². The van der Waals surface area contributed by atoms with E-state index in [1.807, 2.05) is 12.1 Å². The number of hydrogen-bond acceptors (Lipinski definition) is 3. The van der Waals surface area contributed by atoms with E-state index >= 15 is 0 Å². The molecule has 0 unspecified atom stereocenters. The molecule has 0 amide bonds. The van der Waals surface area contributed by atoms with Crippen LogP contribution in [0.2, 0.25) is 5.02 Å². The van der Waals surface area contributed by atoms with Gasteiger partial charge in [0.15, 0.2) is 11.5 Å². The lowest BCUT2D eigenvalue weighted by Crippen LogP contribution is -2.29. The number of rotatable bonds is 5. The van der Waals surface area contributed by atoms with E-state index in [1.54, 1.807) is 14.2 Å². The first-order valence-electron chi connectivity index (χ1n) is 7.88. The highest BCUT2D eigenvalue weighted by atomic mass is 35.5. The van der Waals surface area contributed by atoms with Crippen LogP contribution in [-0.2, 0) is 6.54 Å². The molecule has 0 heterocycles. The zero-order valence-corrected chi connectivity index (χ0v) is 15.1. The van der Waals surface area contributed by atoms with Gasteiger partial charge in [0.1, 0.15) is 0 Å². The van der Waals surface area contributed by atoms with Gasteiger partial charge in [-0.05, 0) is 30.5 Å². The Morgan fingerprint density at radius 3 is 2.27 bits per heavy atom. The molecule has 126 valence electrons. The Morgan fingerprint density at radius 1 is 1.05 bits per heavy atom. The lowest BCUT2D eigenvalue weighted by atomic mass is 9.96. The van der Waals surface area contributed by atoms with Crippen LogP contribution in [0, 0.1) is 0 Å². The second-order valence-corrected chi connectivity index (χ2v) is 6.14. The Bertz CT molecular complexity index is 447. The number of ether oxygens (including phenoxy) is 2. The summed E-state index contributed by atoms with van der Waals surface area (Å²) in [6.07, 6.45) is 9.38. The van der Waals surface area contributed by atoms with Crippen molar-refractivity contribution in [2.45, 2.75) is 57.5 Å². The fourth-order valence-corrected chi connectivity index (χ4v) is 3.31. The molecule has 0 radical (unpaired) electrons. The first-order chi connectivity index (χ1) is 10.2. The average Bonchev–Trinajstić information content (AvgIpc) is 2.45. The second kappa shape index (κ2) is 10.2. The molecule has 5 heteroatoms. The molecule has 1 N–H and O–H groups in total. The van der Waals surface area contributed by atoms with E-state index in [4.69, 9.17) is 21.1 Å². The number of hydrogen-bond donors (Lipinski definition) is 1. The summed E-state index contributed by atoms with van der Waals surface area (Å²) >= 11 is 6.25. The van der Waals surface area contributed by atoms with Crippen LogP contribution in [0.5, 0.6) is 11.5 Å². The first-order valence-corrected chi connectivity index (χ1v) is 8.26. The van der Waals surface area contributed by atoms with Gasteiger partial charge in [-0.3, -0.25) is 0 Å². The Kier molecular flexibility index (Phi) is 8.99. The second-order valence-electron chi connectivity index (χ2n) is 5.74. The minimum atomic E-state index is 0. The van der Waals surface area contributed by atoms with Gasteiger partial charge >= 0.3 is 0 Å². The summed E-state index contributed by atoms with van der Waals surface area (Å²) in [4.78, 5) is 0. The minimum Gasteiger partial charge on any atom is -0.493 e. The maximum atomic E-state index is 6.25.